The molecule has 2 aliphatic rings. The maximum atomic E-state index is 13.0. The second-order valence-corrected chi connectivity index (χ2v) is 6.55. The number of epoxide rings is 1. The summed E-state index contributed by atoms with van der Waals surface area (Å²) in [5, 5.41) is 0. The highest BCUT2D eigenvalue weighted by molar-refractivity contribution is 5.88. The molecule has 1 saturated carbocycles. The third-order valence-electron chi connectivity index (χ3n) is 5.06. The van der Waals surface area contributed by atoms with Crippen molar-refractivity contribution in [3.05, 3.63) is 65.7 Å². The first-order chi connectivity index (χ1) is 11.2. The van der Waals surface area contributed by atoms with Crippen LogP contribution < -0.4 is 4.74 Å². The topological polar surface area (TPSA) is 38.8 Å². The van der Waals surface area contributed by atoms with E-state index in [2.05, 4.69) is 0 Å². The molecule has 0 aromatic heterocycles. The van der Waals surface area contributed by atoms with Crippen molar-refractivity contribution >= 4 is 5.97 Å². The van der Waals surface area contributed by atoms with Gasteiger partial charge in [-0.25, -0.2) is 4.79 Å². The van der Waals surface area contributed by atoms with E-state index in [4.69, 9.17) is 9.47 Å². The van der Waals surface area contributed by atoms with E-state index in [1.54, 1.807) is 12.1 Å². The minimum atomic E-state index is -0.937. The van der Waals surface area contributed by atoms with E-state index in [1.165, 1.54) is 5.56 Å². The van der Waals surface area contributed by atoms with Crippen LogP contribution in [0.4, 0.5) is 0 Å². The summed E-state index contributed by atoms with van der Waals surface area (Å²) in [6.07, 6.45) is 4.05. The third-order valence-corrected chi connectivity index (χ3v) is 5.06. The maximum Gasteiger partial charge on any atom is 0.351 e. The lowest BCUT2D eigenvalue weighted by molar-refractivity contribution is -0.140. The molecule has 2 aromatic rings. The first-order valence-electron chi connectivity index (χ1n) is 8.21. The van der Waals surface area contributed by atoms with Crippen molar-refractivity contribution in [2.75, 3.05) is 0 Å². The van der Waals surface area contributed by atoms with Crippen molar-refractivity contribution in [2.45, 2.75) is 43.8 Å². The van der Waals surface area contributed by atoms with Gasteiger partial charge in [-0.3, -0.25) is 0 Å². The summed E-state index contributed by atoms with van der Waals surface area (Å²) < 4.78 is 11.8. The number of benzene rings is 2. The van der Waals surface area contributed by atoms with E-state index in [-0.39, 0.29) is 11.6 Å². The van der Waals surface area contributed by atoms with E-state index in [9.17, 15) is 4.79 Å². The van der Waals surface area contributed by atoms with E-state index >= 15 is 0 Å². The highest BCUT2D eigenvalue weighted by Gasteiger charge is 2.76. The standard InChI is InChI=1S/C20H20O3/c1-15-9-11-16(12-10-15)20(19(23-20)13-5-6-14-19)18(21)22-17-7-3-2-4-8-17/h2-4,7-12H,5-6,13-14H2,1H3. The van der Waals surface area contributed by atoms with Gasteiger partial charge in [-0.05, 0) is 37.5 Å². The second-order valence-electron chi connectivity index (χ2n) is 6.55. The summed E-state index contributed by atoms with van der Waals surface area (Å²) >= 11 is 0. The molecule has 1 unspecified atom stereocenters. The molecular formula is C20H20O3. The van der Waals surface area contributed by atoms with Gasteiger partial charge < -0.3 is 9.47 Å². The fourth-order valence-corrected chi connectivity index (χ4v) is 3.79. The molecule has 1 spiro atoms. The van der Waals surface area contributed by atoms with Gasteiger partial charge in [0.1, 0.15) is 11.4 Å². The number of ether oxygens (including phenoxy) is 2. The summed E-state index contributed by atoms with van der Waals surface area (Å²) in [5.74, 6) is 0.266. The van der Waals surface area contributed by atoms with E-state index in [0.717, 1.165) is 31.2 Å². The highest BCUT2D eigenvalue weighted by Crippen LogP contribution is 2.64. The largest absolute Gasteiger partial charge is 0.424 e. The van der Waals surface area contributed by atoms with Crippen LogP contribution >= 0.6 is 0 Å². The molecule has 0 radical (unpaired) electrons. The van der Waals surface area contributed by atoms with Crippen LogP contribution in [-0.4, -0.2) is 11.6 Å². The van der Waals surface area contributed by atoms with Gasteiger partial charge in [-0.2, -0.15) is 0 Å². The van der Waals surface area contributed by atoms with Crippen LogP contribution in [0.15, 0.2) is 54.6 Å². The molecule has 1 aliphatic carbocycles. The first-order valence-corrected chi connectivity index (χ1v) is 8.21. The Morgan fingerprint density at radius 2 is 1.65 bits per heavy atom. The van der Waals surface area contributed by atoms with Crippen LogP contribution in [0.2, 0.25) is 0 Å². The molecular weight excluding hydrogens is 288 g/mol. The van der Waals surface area contributed by atoms with Crippen LogP contribution in [0, 0.1) is 6.92 Å². The van der Waals surface area contributed by atoms with Crippen molar-refractivity contribution in [3.8, 4) is 5.75 Å². The molecule has 1 aliphatic heterocycles. The molecule has 23 heavy (non-hydrogen) atoms. The van der Waals surface area contributed by atoms with Crippen LogP contribution in [0.5, 0.6) is 5.75 Å². The van der Waals surface area contributed by atoms with Crippen LogP contribution in [0.3, 0.4) is 0 Å². The minimum absolute atomic E-state index is 0.297. The molecule has 0 bridgehead atoms. The number of hydrogen-bond acceptors (Lipinski definition) is 3. The average Bonchev–Trinajstić information content (AvgIpc) is 2.97. The molecule has 2 aromatic carbocycles. The Morgan fingerprint density at radius 3 is 2.30 bits per heavy atom. The summed E-state index contributed by atoms with van der Waals surface area (Å²) in [5.41, 5.74) is 0.772. The minimum Gasteiger partial charge on any atom is -0.424 e. The SMILES string of the molecule is Cc1ccc(C2(C(=O)Oc3ccccc3)OC23CCCC3)cc1. The third kappa shape index (κ3) is 2.19. The molecule has 1 atom stereocenters. The van der Waals surface area contributed by atoms with E-state index < -0.39 is 5.60 Å². The molecule has 4 rings (SSSR count). The summed E-state index contributed by atoms with van der Waals surface area (Å²) in [6, 6.07) is 17.3. The lowest BCUT2D eigenvalue weighted by Gasteiger charge is -2.16. The Labute approximate surface area is 136 Å². The van der Waals surface area contributed by atoms with Crippen LogP contribution in [-0.2, 0) is 15.1 Å². The Bertz CT molecular complexity index is 714. The smallest absolute Gasteiger partial charge is 0.351 e. The molecule has 2 fully saturated rings. The number of esters is 1. The lowest BCUT2D eigenvalue weighted by Crippen LogP contribution is -2.34. The lowest BCUT2D eigenvalue weighted by atomic mass is 9.84. The van der Waals surface area contributed by atoms with Gasteiger partial charge in [0.2, 0.25) is 5.60 Å². The molecule has 118 valence electrons. The summed E-state index contributed by atoms with van der Waals surface area (Å²) in [4.78, 5) is 13.0. The number of carbonyl (C=O) groups is 1. The van der Waals surface area contributed by atoms with E-state index in [0.29, 0.717) is 5.75 Å². The normalized spacial score (nSPS) is 24.6. The number of hydrogen-bond donors (Lipinski definition) is 0. The van der Waals surface area contributed by atoms with Crippen molar-refractivity contribution in [1.82, 2.24) is 0 Å². The van der Waals surface area contributed by atoms with Gasteiger partial charge in [0.05, 0.1) is 0 Å². The summed E-state index contributed by atoms with van der Waals surface area (Å²) in [6.45, 7) is 2.04. The zero-order valence-corrected chi connectivity index (χ0v) is 13.2. The zero-order valence-electron chi connectivity index (χ0n) is 13.2. The number of para-hydroxylation sites is 1. The van der Waals surface area contributed by atoms with Crippen LogP contribution in [0.1, 0.15) is 36.8 Å². The maximum absolute atomic E-state index is 13.0. The fourth-order valence-electron chi connectivity index (χ4n) is 3.79. The molecule has 1 heterocycles. The van der Waals surface area contributed by atoms with Crippen LogP contribution in [0.25, 0.3) is 0 Å². The van der Waals surface area contributed by atoms with Crippen molar-refractivity contribution < 1.29 is 14.3 Å². The predicted octanol–water partition coefficient (Wildman–Crippen LogP) is 4.14. The second kappa shape index (κ2) is 5.20. The average molecular weight is 308 g/mol. The Balaban J connectivity index is 1.69. The summed E-state index contributed by atoms with van der Waals surface area (Å²) in [7, 11) is 0. The molecule has 3 heteroatoms. The quantitative estimate of drug-likeness (QED) is 0.486. The molecule has 0 amide bonds. The monoisotopic (exact) mass is 308 g/mol. The van der Waals surface area contributed by atoms with Crippen molar-refractivity contribution in [1.29, 1.82) is 0 Å². The number of carbonyl (C=O) groups excluding carboxylic acids is 1. The van der Waals surface area contributed by atoms with Gasteiger partial charge in [-0.1, -0.05) is 60.9 Å². The van der Waals surface area contributed by atoms with Gasteiger partial charge in [0.15, 0.2) is 0 Å². The highest BCUT2D eigenvalue weighted by atomic mass is 16.7. The Morgan fingerprint density at radius 1 is 1.00 bits per heavy atom. The Kier molecular flexibility index (Phi) is 3.27. The van der Waals surface area contributed by atoms with Gasteiger partial charge in [0.25, 0.3) is 0 Å². The zero-order chi connectivity index (χ0) is 15.9. The molecule has 0 N–H and O–H groups in total. The van der Waals surface area contributed by atoms with Crippen molar-refractivity contribution in [2.24, 2.45) is 0 Å². The predicted molar refractivity (Wildman–Crippen MR) is 87.2 cm³/mol. The van der Waals surface area contributed by atoms with E-state index in [1.807, 2.05) is 49.4 Å². The molecule has 1 saturated heterocycles. The van der Waals surface area contributed by atoms with Gasteiger partial charge in [0, 0.05) is 0 Å². The first kappa shape index (κ1) is 14.5. The van der Waals surface area contributed by atoms with Gasteiger partial charge >= 0.3 is 5.97 Å². The number of aryl methyl sites for hydroxylation is 1. The Hall–Kier alpha value is -2.13. The van der Waals surface area contributed by atoms with Crippen molar-refractivity contribution in [3.63, 3.8) is 0 Å². The molecule has 3 nitrogen and oxygen atoms in total. The fraction of sp³-hybridized carbons (Fsp3) is 0.350. The number of rotatable bonds is 3. The van der Waals surface area contributed by atoms with Gasteiger partial charge in [-0.15, -0.1) is 0 Å².